The van der Waals surface area contributed by atoms with Gasteiger partial charge in [-0.3, -0.25) is 4.79 Å². The molecule has 0 aliphatic rings. The van der Waals surface area contributed by atoms with Crippen LogP contribution < -0.4 is 0 Å². The fourth-order valence-corrected chi connectivity index (χ4v) is 2.55. The number of Topliss-reactive ketones (excluding diaryl/α,β-unsaturated/α-hetero) is 1. The Morgan fingerprint density at radius 2 is 1.29 bits per heavy atom. The minimum absolute atomic E-state index is 0.266. The number of carbonyl (C=O) groups excluding carboxylic acids is 1. The molecule has 0 aliphatic carbocycles. The minimum Gasteiger partial charge on any atom is -0.300 e. The average Bonchev–Trinajstić information content (AvgIpc) is 2.47. The maximum absolute atomic E-state index is 11.1. The fraction of sp³-hybridized carbons (Fsp3) is 0.850. The van der Waals surface area contributed by atoms with Gasteiger partial charge in [0.05, 0.1) is 0 Å². The first kappa shape index (κ1) is 20.4. The van der Waals surface area contributed by atoms with Crippen LogP contribution >= 0.6 is 0 Å². The molecule has 0 saturated carbocycles. The van der Waals surface area contributed by atoms with Crippen LogP contribution in [0.25, 0.3) is 0 Å². The second-order valence-corrected chi connectivity index (χ2v) is 6.53. The first-order valence-electron chi connectivity index (χ1n) is 9.34. The normalized spacial score (nSPS) is 12.9. The number of rotatable bonds is 15. The lowest BCUT2D eigenvalue weighted by Gasteiger charge is -2.06. The summed E-state index contributed by atoms with van der Waals surface area (Å²) in [5.41, 5.74) is 0. The number of hydrogen-bond donors (Lipinski definition) is 0. The van der Waals surface area contributed by atoms with Gasteiger partial charge in [0, 0.05) is 5.92 Å². The maximum Gasteiger partial charge on any atom is 0.132 e. The molecular formula is C20H38O. The Morgan fingerprint density at radius 3 is 1.81 bits per heavy atom. The molecule has 0 aromatic heterocycles. The molecule has 0 heterocycles. The first-order chi connectivity index (χ1) is 10.2. The van der Waals surface area contributed by atoms with Gasteiger partial charge in [-0.2, -0.15) is 0 Å². The summed E-state index contributed by atoms with van der Waals surface area (Å²) in [5, 5.41) is 0. The first-order valence-corrected chi connectivity index (χ1v) is 9.34. The number of hydrogen-bond acceptors (Lipinski definition) is 1. The third-order valence-corrected chi connectivity index (χ3v) is 4.34. The van der Waals surface area contributed by atoms with E-state index < -0.39 is 0 Å². The second-order valence-electron chi connectivity index (χ2n) is 6.53. The van der Waals surface area contributed by atoms with E-state index in [2.05, 4.69) is 19.1 Å². The molecular weight excluding hydrogens is 256 g/mol. The van der Waals surface area contributed by atoms with Crippen LogP contribution in [0.5, 0.6) is 0 Å². The minimum atomic E-state index is 0.266. The number of ketones is 1. The smallest absolute Gasteiger partial charge is 0.132 e. The van der Waals surface area contributed by atoms with Gasteiger partial charge in [-0.05, 0) is 39.0 Å². The van der Waals surface area contributed by atoms with E-state index in [4.69, 9.17) is 0 Å². The van der Waals surface area contributed by atoms with Crippen LogP contribution in [-0.2, 0) is 4.79 Å². The third kappa shape index (κ3) is 15.6. The highest BCUT2D eigenvalue weighted by Crippen LogP contribution is 2.12. The fourth-order valence-electron chi connectivity index (χ4n) is 2.55. The highest BCUT2D eigenvalue weighted by Gasteiger charge is 2.05. The van der Waals surface area contributed by atoms with Crippen molar-refractivity contribution in [2.75, 3.05) is 0 Å². The third-order valence-electron chi connectivity index (χ3n) is 4.34. The van der Waals surface area contributed by atoms with Gasteiger partial charge in [0.1, 0.15) is 5.78 Å². The van der Waals surface area contributed by atoms with E-state index in [1.807, 2.05) is 6.92 Å². The van der Waals surface area contributed by atoms with E-state index in [0.29, 0.717) is 5.78 Å². The molecule has 1 heteroatoms. The molecule has 0 spiro atoms. The van der Waals surface area contributed by atoms with Gasteiger partial charge < -0.3 is 0 Å². The van der Waals surface area contributed by atoms with Crippen molar-refractivity contribution in [1.29, 1.82) is 0 Å². The van der Waals surface area contributed by atoms with Crippen molar-refractivity contribution in [3.8, 4) is 0 Å². The number of unbranched alkanes of at least 4 members (excludes halogenated alkanes) is 10. The zero-order valence-electron chi connectivity index (χ0n) is 14.8. The molecule has 0 bridgehead atoms. The summed E-state index contributed by atoms with van der Waals surface area (Å²) >= 11 is 0. The van der Waals surface area contributed by atoms with Crippen LogP contribution in [-0.4, -0.2) is 5.78 Å². The van der Waals surface area contributed by atoms with Gasteiger partial charge in [-0.15, -0.1) is 0 Å². The highest BCUT2D eigenvalue weighted by molar-refractivity contribution is 5.77. The topological polar surface area (TPSA) is 17.1 Å². The predicted octanol–water partition coefficient (Wildman–Crippen LogP) is 6.86. The summed E-state index contributed by atoms with van der Waals surface area (Å²) in [5.74, 6) is 0.606. The Balaban J connectivity index is 3.17. The molecule has 0 radical (unpaired) electrons. The summed E-state index contributed by atoms with van der Waals surface area (Å²) in [7, 11) is 0. The van der Waals surface area contributed by atoms with Crippen molar-refractivity contribution < 1.29 is 4.79 Å². The summed E-state index contributed by atoms with van der Waals surface area (Å²) in [6, 6.07) is 0. The molecule has 0 aliphatic heterocycles. The average molecular weight is 295 g/mol. The SMILES string of the molecule is CCCCCCCC/C=C/CCCCCCC(C)C(C)=O. The van der Waals surface area contributed by atoms with E-state index in [-0.39, 0.29) is 5.92 Å². The van der Waals surface area contributed by atoms with E-state index in [9.17, 15) is 4.79 Å². The molecule has 0 fully saturated rings. The van der Waals surface area contributed by atoms with Gasteiger partial charge in [-0.25, -0.2) is 0 Å². The van der Waals surface area contributed by atoms with Crippen molar-refractivity contribution >= 4 is 5.78 Å². The Bertz CT molecular complexity index is 255. The number of allylic oxidation sites excluding steroid dienone is 2. The van der Waals surface area contributed by atoms with Crippen molar-refractivity contribution in [3.63, 3.8) is 0 Å². The lowest BCUT2D eigenvalue weighted by atomic mass is 9.99. The molecule has 1 atom stereocenters. The van der Waals surface area contributed by atoms with Crippen LogP contribution in [0.2, 0.25) is 0 Å². The van der Waals surface area contributed by atoms with E-state index in [0.717, 1.165) is 6.42 Å². The Labute approximate surface area is 133 Å². The Hall–Kier alpha value is -0.590. The molecule has 1 nitrogen and oxygen atoms in total. The van der Waals surface area contributed by atoms with Gasteiger partial charge in [0.15, 0.2) is 0 Å². The van der Waals surface area contributed by atoms with E-state index >= 15 is 0 Å². The molecule has 0 amide bonds. The molecule has 0 N–H and O–H groups in total. The van der Waals surface area contributed by atoms with Crippen LogP contribution in [0.3, 0.4) is 0 Å². The maximum atomic E-state index is 11.1. The predicted molar refractivity (Wildman–Crippen MR) is 94.7 cm³/mol. The Kier molecular flexibility index (Phi) is 15.3. The lowest BCUT2D eigenvalue weighted by molar-refractivity contribution is -0.120. The van der Waals surface area contributed by atoms with Crippen LogP contribution in [0, 0.1) is 5.92 Å². The molecule has 21 heavy (non-hydrogen) atoms. The number of carbonyl (C=O) groups is 1. The summed E-state index contributed by atoms with van der Waals surface area (Å²) in [4.78, 5) is 11.1. The van der Waals surface area contributed by atoms with Crippen molar-refractivity contribution in [1.82, 2.24) is 0 Å². The largest absolute Gasteiger partial charge is 0.300 e. The van der Waals surface area contributed by atoms with Crippen molar-refractivity contribution in [2.24, 2.45) is 5.92 Å². The van der Waals surface area contributed by atoms with Crippen molar-refractivity contribution in [2.45, 2.75) is 104 Å². The van der Waals surface area contributed by atoms with E-state index in [1.165, 1.54) is 77.0 Å². The monoisotopic (exact) mass is 294 g/mol. The molecule has 0 aromatic carbocycles. The van der Waals surface area contributed by atoms with E-state index in [1.54, 1.807) is 6.92 Å². The van der Waals surface area contributed by atoms with Crippen LogP contribution in [0.4, 0.5) is 0 Å². The molecule has 0 saturated heterocycles. The van der Waals surface area contributed by atoms with Gasteiger partial charge in [-0.1, -0.05) is 77.4 Å². The van der Waals surface area contributed by atoms with Gasteiger partial charge >= 0.3 is 0 Å². The lowest BCUT2D eigenvalue weighted by Crippen LogP contribution is -2.05. The molecule has 0 rings (SSSR count). The standard InChI is InChI=1S/C20H38O/c1-4-5-6-7-8-9-10-11-12-13-14-15-16-17-18-19(2)20(3)21/h11-12,19H,4-10,13-18H2,1-3H3/b12-11+. The van der Waals surface area contributed by atoms with Crippen LogP contribution in [0.1, 0.15) is 104 Å². The second kappa shape index (κ2) is 15.8. The summed E-state index contributed by atoms with van der Waals surface area (Å²) in [6.07, 6.45) is 21.8. The quantitative estimate of drug-likeness (QED) is 0.238. The molecule has 124 valence electrons. The zero-order valence-corrected chi connectivity index (χ0v) is 14.8. The molecule has 0 aromatic rings. The van der Waals surface area contributed by atoms with Crippen molar-refractivity contribution in [3.05, 3.63) is 12.2 Å². The summed E-state index contributed by atoms with van der Waals surface area (Å²) < 4.78 is 0. The van der Waals surface area contributed by atoms with Gasteiger partial charge in [0.2, 0.25) is 0 Å². The Morgan fingerprint density at radius 1 is 0.810 bits per heavy atom. The highest BCUT2D eigenvalue weighted by atomic mass is 16.1. The van der Waals surface area contributed by atoms with Crippen LogP contribution in [0.15, 0.2) is 12.2 Å². The zero-order chi connectivity index (χ0) is 15.8. The summed E-state index contributed by atoms with van der Waals surface area (Å²) in [6.45, 7) is 6.03. The van der Waals surface area contributed by atoms with Gasteiger partial charge in [0.25, 0.3) is 0 Å². The molecule has 1 unspecified atom stereocenters.